The zero-order chi connectivity index (χ0) is 32.7. The molecule has 1 saturated heterocycles. The lowest BCUT2D eigenvalue weighted by molar-refractivity contribution is -0.145. The monoisotopic (exact) mass is 636 g/mol. The molecule has 0 N–H and O–H groups in total. The molecule has 0 aliphatic carbocycles. The highest BCUT2D eigenvalue weighted by molar-refractivity contribution is 7.99. The molecular weight excluding hydrogens is 592 g/mol. The molecule has 0 bridgehead atoms. The number of carbonyl (C=O) groups is 4. The van der Waals surface area contributed by atoms with Gasteiger partial charge in [0.15, 0.2) is 5.78 Å². The summed E-state index contributed by atoms with van der Waals surface area (Å²) in [6.07, 6.45) is 5.51. The number of hydrogen-bond acceptors (Lipinski definition) is 10. The number of Topliss-reactive ketones (excluding diaryl/α,β-unsaturated/α-hetero) is 2. The summed E-state index contributed by atoms with van der Waals surface area (Å²) >= 11 is 1.53. The van der Waals surface area contributed by atoms with Crippen molar-refractivity contribution in [3.8, 4) is 0 Å². The Morgan fingerprint density at radius 1 is 0.911 bits per heavy atom. The smallest absolute Gasteiger partial charge is 0.335 e. The zero-order valence-corrected chi connectivity index (χ0v) is 27.4. The van der Waals surface area contributed by atoms with E-state index in [4.69, 9.17) is 14.3 Å². The van der Waals surface area contributed by atoms with Gasteiger partial charge in [-0.15, -0.1) is 0 Å². The number of oxime groups is 1. The third kappa shape index (κ3) is 11.4. The minimum Gasteiger partial charge on any atom is -0.463 e. The van der Waals surface area contributed by atoms with Gasteiger partial charge in [0.1, 0.15) is 5.71 Å². The summed E-state index contributed by atoms with van der Waals surface area (Å²) in [5.41, 5.74) is 0.698. The molecule has 1 aliphatic rings. The largest absolute Gasteiger partial charge is 0.463 e. The fourth-order valence-corrected chi connectivity index (χ4v) is 5.61. The second-order valence-electron chi connectivity index (χ2n) is 11.3. The summed E-state index contributed by atoms with van der Waals surface area (Å²) in [5.74, 6) is -1.37. The Hall–Kier alpha value is -3.60. The number of ether oxygens (including phenoxy) is 2. The van der Waals surface area contributed by atoms with Gasteiger partial charge in [-0.25, -0.2) is 9.59 Å². The Kier molecular flexibility index (Phi) is 14.7. The molecule has 242 valence electrons. The Morgan fingerprint density at radius 3 is 2.13 bits per heavy atom. The van der Waals surface area contributed by atoms with Crippen LogP contribution < -0.4 is 0 Å². The number of benzene rings is 2. The Labute approximate surface area is 270 Å². The van der Waals surface area contributed by atoms with Crippen molar-refractivity contribution < 1.29 is 33.5 Å². The van der Waals surface area contributed by atoms with Crippen molar-refractivity contribution >= 4 is 41.0 Å². The van der Waals surface area contributed by atoms with Gasteiger partial charge in [-0.05, 0) is 69.5 Å². The van der Waals surface area contributed by atoms with E-state index in [0.29, 0.717) is 30.8 Å². The normalized spacial score (nSPS) is 14.1. The lowest BCUT2D eigenvalue weighted by Gasteiger charge is -2.39. The average molecular weight is 637 g/mol. The molecule has 0 aromatic heterocycles. The highest BCUT2D eigenvalue weighted by Crippen LogP contribution is 2.29. The second kappa shape index (κ2) is 18.4. The Morgan fingerprint density at radius 2 is 1.53 bits per heavy atom. The van der Waals surface area contributed by atoms with Gasteiger partial charge in [0, 0.05) is 40.1 Å². The van der Waals surface area contributed by atoms with Crippen LogP contribution in [-0.4, -0.2) is 72.6 Å². The predicted octanol–water partition coefficient (Wildman–Crippen LogP) is 6.69. The quantitative estimate of drug-likeness (QED) is 0.0336. The standard InChI is InChI=1S/C35H44N2O7S/c1-5-7-8-9-11-30(36-44-32(39)12-10-23-43-31(38)6-2)33(40)26-13-17-28(18-14-26)45-29-19-15-27(16-20-29)34(41)35(3,4)37-21-24-42-25-22-37/h6,13-20H,2,5,7-12,21-25H2,1,3-4H3/b36-30+. The summed E-state index contributed by atoms with van der Waals surface area (Å²) in [4.78, 5) is 59.0. The minimum absolute atomic E-state index is 0.00206. The number of morpholine rings is 1. The van der Waals surface area contributed by atoms with E-state index in [1.165, 1.54) is 11.8 Å². The zero-order valence-electron chi connectivity index (χ0n) is 26.5. The lowest BCUT2D eigenvalue weighted by Crippen LogP contribution is -2.54. The Bertz CT molecular complexity index is 1330. The molecular formula is C35H44N2O7S. The second-order valence-corrected chi connectivity index (χ2v) is 12.4. The van der Waals surface area contributed by atoms with E-state index in [9.17, 15) is 19.2 Å². The Balaban J connectivity index is 1.60. The number of unbranched alkanes of at least 4 members (excludes halogenated alkanes) is 3. The first kappa shape index (κ1) is 35.9. The summed E-state index contributed by atoms with van der Waals surface area (Å²) in [7, 11) is 0. The molecule has 10 heteroatoms. The molecule has 1 heterocycles. The number of hydrogen-bond donors (Lipinski definition) is 0. The first-order valence-electron chi connectivity index (χ1n) is 15.5. The minimum atomic E-state index is -0.612. The first-order chi connectivity index (χ1) is 21.6. The molecule has 0 spiro atoms. The van der Waals surface area contributed by atoms with Gasteiger partial charge in [-0.2, -0.15) is 0 Å². The molecule has 9 nitrogen and oxygen atoms in total. The molecule has 1 aliphatic heterocycles. The van der Waals surface area contributed by atoms with E-state index >= 15 is 0 Å². The van der Waals surface area contributed by atoms with Gasteiger partial charge >= 0.3 is 11.9 Å². The summed E-state index contributed by atoms with van der Waals surface area (Å²) in [5, 5.41) is 3.94. The van der Waals surface area contributed by atoms with Crippen LogP contribution in [0.5, 0.6) is 0 Å². The van der Waals surface area contributed by atoms with Crippen molar-refractivity contribution in [1.82, 2.24) is 4.90 Å². The van der Waals surface area contributed by atoms with Gasteiger partial charge in [-0.1, -0.05) is 61.8 Å². The van der Waals surface area contributed by atoms with Crippen LogP contribution in [0.15, 0.2) is 76.1 Å². The third-order valence-electron chi connectivity index (χ3n) is 7.55. The van der Waals surface area contributed by atoms with E-state index in [0.717, 1.165) is 54.6 Å². The fraction of sp³-hybridized carbons (Fsp3) is 0.457. The maximum atomic E-state index is 13.3. The van der Waals surface area contributed by atoms with Crippen molar-refractivity contribution in [2.45, 2.75) is 81.0 Å². The molecule has 0 radical (unpaired) electrons. The van der Waals surface area contributed by atoms with E-state index < -0.39 is 17.5 Å². The first-order valence-corrected chi connectivity index (χ1v) is 16.3. The summed E-state index contributed by atoms with van der Waals surface area (Å²) in [6, 6.07) is 14.8. The number of carbonyl (C=O) groups excluding carboxylic acids is 4. The van der Waals surface area contributed by atoms with Crippen LogP contribution in [0.2, 0.25) is 0 Å². The number of ketones is 2. The van der Waals surface area contributed by atoms with Crippen LogP contribution in [-0.2, 0) is 23.9 Å². The maximum Gasteiger partial charge on any atom is 0.335 e. The van der Waals surface area contributed by atoms with Crippen LogP contribution in [0.1, 0.15) is 86.4 Å². The maximum absolute atomic E-state index is 13.3. The van der Waals surface area contributed by atoms with Crippen LogP contribution in [0, 0.1) is 0 Å². The van der Waals surface area contributed by atoms with Gasteiger partial charge < -0.3 is 14.3 Å². The van der Waals surface area contributed by atoms with E-state index in [-0.39, 0.29) is 36.7 Å². The number of nitrogens with zero attached hydrogens (tertiary/aromatic N) is 2. The topological polar surface area (TPSA) is 112 Å². The fourth-order valence-electron chi connectivity index (χ4n) is 4.79. The predicted molar refractivity (Wildman–Crippen MR) is 175 cm³/mol. The molecule has 2 aromatic carbocycles. The van der Waals surface area contributed by atoms with Crippen LogP contribution in [0.25, 0.3) is 0 Å². The lowest BCUT2D eigenvalue weighted by atomic mass is 9.91. The SMILES string of the molecule is C=CC(=O)OCCCC(=O)O/N=C(\CCCCCC)C(=O)c1ccc(Sc2ccc(C(=O)C(C)(C)N3CCOCC3)cc2)cc1. The molecule has 3 rings (SSSR count). The van der Waals surface area contributed by atoms with Crippen molar-refractivity contribution in [2.24, 2.45) is 5.16 Å². The highest BCUT2D eigenvalue weighted by atomic mass is 32.2. The van der Waals surface area contributed by atoms with Gasteiger partial charge in [0.2, 0.25) is 5.78 Å². The van der Waals surface area contributed by atoms with Crippen molar-refractivity contribution in [3.05, 3.63) is 72.3 Å². The van der Waals surface area contributed by atoms with Gasteiger partial charge in [-0.3, -0.25) is 14.5 Å². The molecule has 0 unspecified atom stereocenters. The van der Waals surface area contributed by atoms with Crippen molar-refractivity contribution in [1.29, 1.82) is 0 Å². The molecule has 0 atom stereocenters. The average Bonchev–Trinajstić information content (AvgIpc) is 3.06. The molecule has 45 heavy (non-hydrogen) atoms. The van der Waals surface area contributed by atoms with E-state index in [1.807, 2.05) is 50.2 Å². The van der Waals surface area contributed by atoms with E-state index in [2.05, 4.69) is 23.6 Å². The van der Waals surface area contributed by atoms with Crippen molar-refractivity contribution in [2.75, 3.05) is 32.9 Å². The summed E-state index contributed by atoms with van der Waals surface area (Å²) < 4.78 is 10.3. The third-order valence-corrected chi connectivity index (χ3v) is 8.56. The highest BCUT2D eigenvalue weighted by Gasteiger charge is 2.35. The van der Waals surface area contributed by atoms with Crippen LogP contribution >= 0.6 is 11.8 Å². The molecule has 0 saturated carbocycles. The molecule has 0 amide bonds. The van der Waals surface area contributed by atoms with Crippen molar-refractivity contribution in [3.63, 3.8) is 0 Å². The molecule has 2 aromatic rings. The van der Waals surface area contributed by atoms with Crippen LogP contribution in [0.3, 0.4) is 0 Å². The number of rotatable bonds is 18. The van der Waals surface area contributed by atoms with E-state index in [1.54, 1.807) is 12.1 Å². The van der Waals surface area contributed by atoms with Gasteiger partial charge in [0.25, 0.3) is 0 Å². The molecule has 1 fully saturated rings. The number of esters is 1. The summed E-state index contributed by atoms with van der Waals surface area (Å²) in [6.45, 7) is 12.2. The van der Waals surface area contributed by atoms with Crippen LogP contribution in [0.4, 0.5) is 0 Å². The van der Waals surface area contributed by atoms with Gasteiger partial charge in [0.05, 0.1) is 31.8 Å².